The summed E-state index contributed by atoms with van der Waals surface area (Å²) in [6, 6.07) is 4.29. The summed E-state index contributed by atoms with van der Waals surface area (Å²) in [5.41, 5.74) is 1.38. The molecule has 100 valence electrons. The highest BCUT2D eigenvalue weighted by Crippen LogP contribution is 2.22. The Labute approximate surface area is 116 Å². The fraction of sp³-hybridized carbons (Fsp3) is 0.125. The molecule has 0 bridgehead atoms. The molecular formula is C16H13NO3. The van der Waals surface area contributed by atoms with E-state index in [2.05, 4.69) is 17.2 Å². The molecule has 1 aliphatic rings. The number of anilines is 1. The normalized spacial score (nSPS) is 12.3. The number of carbonyl (C=O) groups excluding carboxylic acids is 2. The fourth-order valence-electron chi connectivity index (χ4n) is 1.74. The van der Waals surface area contributed by atoms with E-state index in [1.807, 2.05) is 18.2 Å². The van der Waals surface area contributed by atoms with Crippen LogP contribution in [0.25, 0.3) is 0 Å². The number of aromatic hydroxyl groups is 1. The van der Waals surface area contributed by atoms with Crippen LogP contribution in [0.4, 0.5) is 5.69 Å². The molecule has 0 aromatic heterocycles. The summed E-state index contributed by atoms with van der Waals surface area (Å²) >= 11 is 0. The smallest absolute Gasteiger partial charge is 0.240 e. The summed E-state index contributed by atoms with van der Waals surface area (Å²) in [5.74, 6) is 4.37. The van der Waals surface area contributed by atoms with Crippen molar-refractivity contribution in [1.29, 1.82) is 0 Å². The molecule has 0 unspecified atom stereocenters. The molecule has 4 nitrogen and oxygen atoms in total. The Morgan fingerprint density at radius 1 is 1.35 bits per heavy atom. The lowest BCUT2D eigenvalue weighted by molar-refractivity contribution is -0.114. The third-order valence-corrected chi connectivity index (χ3v) is 2.67. The van der Waals surface area contributed by atoms with Crippen LogP contribution in [0.1, 0.15) is 23.7 Å². The van der Waals surface area contributed by atoms with Gasteiger partial charge in [-0.1, -0.05) is 24.1 Å². The first-order valence-corrected chi connectivity index (χ1v) is 6.09. The van der Waals surface area contributed by atoms with Crippen molar-refractivity contribution < 1.29 is 14.7 Å². The topological polar surface area (TPSA) is 66.4 Å². The number of benzene rings is 1. The molecule has 1 aromatic carbocycles. The molecular weight excluding hydrogens is 254 g/mol. The number of rotatable bonds is 2. The number of amides is 1. The molecule has 1 aromatic rings. The van der Waals surface area contributed by atoms with Crippen molar-refractivity contribution in [3.63, 3.8) is 0 Å². The first kappa shape index (κ1) is 13.6. The number of phenols is 1. The fourth-order valence-corrected chi connectivity index (χ4v) is 1.74. The summed E-state index contributed by atoms with van der Waals surface area (Å²) in [6.45, 7) is 1.37. The Balaban J connectivity index is 2.22. The molecule has 0 spiro atoms. The van der Waals surface area contributed by atoms with Crippen molar-refractivity contribution >= 4 is 17.4 Å². The summed E-state index contributed by atoms with van der Waals surface area (Å²) in [6.07, 6.45) is 6.39. The monoisotopic (exact) mass is 267 g/mol. The Kier molecular flexibility index (Phi) is 4.02. The second kappa shape index (κ2) is 5.89. The van der Waals surface area contributed by atoms with Gasteiger partial charge in [-0.15, -0.1) is 0 Å². The summed E-state index contributed by atoms with van der Waals surface area (Å²) in [4.78, 5) is 22.9. The van der Waals surface area contributed by atoms with Crippen LogP contribution in [0.2, 0.25) is 0 Å². The van der Waals surface area contributed by atoms with Gasteiger partial charge in [0.15, 0.2) is 0 Å². The summed E-state index contributed by atoms with van der Waals surface area (Å²) in [7, 11) is 0. The van der Waals surface area contributed by atoms with E-state index in [4.69, 9.17) is 0 Å². The van der Waals surface area contributed by atoms with Crippen LogP contribution in [-0.4, -0.2) is 16.8 Å². The number of carbonyl (C=O) groups is 2. The van der Waals surface area contributed by atoms with Gasteiger partial charge in [0.25, 0.3) is 0 Å². The highest BCUT2D eigenvalue weighted by atomic mass is 16.3. The van der Waals surface area contributed by atoms with Gasteiger partial charge in [0, 0.05) is 18.2 Å². The van der Waals surface area contributed by atoms with Crippen LogP contribution >= 0.6 is 0 Å². The van der Waals surface area contributed by atoms with Gasteiger partial charge in [-0.3, -0.25) is 9.59 Å². The molecule has 1 aliphatic carbocycles. The zero-order valence-electron chi connectivity index (χ0n) is 10.9. The van der Waals surface area contributed by atoms with E-state index in [9.17, 15) is 14.7 Å². The maximum atomic E-state index is 12.0. The average Bonchev–Trinajstić information content (AvgIpc) is 2.91. The minimum Gasteiger partial charge on any atom is -0.507 e. The third-order valence-electron chi connectivity index (χ3n) is 2.67. The predicted molar refractivity (Wildman–Crippen MR) is 76.4 cm³/mol. The van der Waals surface area contributed by atoms with Gasteiger partial charge in [-0.05, 0) is 30.5 Å². The van der Waals surface area contributed by atoms with Gasteiger partial charge in [0.2, 0.25) is 11.7 Å². The third kappa shape index (κ3) is 3.36. The number of hydrogen-bond acceptors (Lipinski definition) is 3. The molecule has 0 saturated heterocycles. The summed E-state index contributed by atoms with van der Waals surface area (Å²) < 4.78 is 0. The van der Waals surface area contributed by atoms with Crippen LogP contribution in [-0.2, 0) is 4.79 Å². The van der Waals surface area contributed by atoms with E-state index < -0.39 is 5.78 Å². The molecule has 0 radical (unpaired) electrons. The summed E-state index contributed by atoms with van der Waals surface area (Å²) in [5, 5.41) is 12.3. The lowest BCUT2D eigenvalue weighted by atomic mass is 10.1. The highest BCUT2D eigenvalue weighted by Gasteiger charge is 2.10. The van der Waals surface area contributed by atoms with E-state index in [0.29, 0.717) is 5.69 Å². The van der Waals surface area contributed by atoms with E-state index in [1.54, 1.807) is 0 Å². The number of hydrogen-bond donors (Lipinski definition) is 2. The Morgan fingerprint density at radius 2 is 2.15 bits per heavy atom. The van der Waals surface area contributed by atoms with E-state index in [0.717, 1.165) is 12.0 Å². The molecule has 2 rings (SSSR count). The van der Waals surface area contributed by atoms with E-state index >= 15 is 0 Å². The molecule has 1 amide bonds. The molecule has 0 fully saturated rings. The number of phenolic OH excluding ortho intramolecular Hbond substituents is 1. The van der Waals surface area contributed by atoms with Gasteiger partial charge < -0.3 is 10.4 Å². The van der Waals surface area contributed by atoms with Crippen molar-refractivity contribution in [2.24, 2.45) is 0 Å². The molecule has 0 heterocycles. The van der Waals surface area contributed by atoms with Crippen molar-refractivity contribution in [2.75, 3.05) is 5.32 Å². The number of Topliss-reactive ketones (excluding diaryl/α,β-unsaturated/α-hetero) is 1. The minimum atomic E-state index is -0.484. The average molecular weight is 267 g/mol. The van der Waals surface area contributed by atoms with Gasteiger partial charge in [-0.25, -0.2) is 0 Å². The second-order valence-electron chi connectivity index (χ2n) is 4.32. The van der Waals surface area contributed by atoms with Gasteiger partial charge >= 0.3 is 0 Å². The SMILES string of the molecule is CC(=O)Nc1ccc(O)c(C(=O)C#CC2=CC=CC2)c1. The van der Waals surface area contributed by atoms with Crippen LogP contribution in [0, 0.1) is 11.8 Å². The standard InChI is InChI=1S/C16H13NO3/c1-11(18)17-13-7-9-16(20)14(10-13)15(19)8-6-12-4-2-3-5-12/h2-4,7,9-10,20H,5H2,1H3,(H,17,18). The van der Waals surface area contributed by atoms with Gasteiger partial charge in [0.1, 0.15) is 5.75 Å². The number of allylic oxidation sites excluding steroid dienone is 4. The first-order chi connectivity index (χ1) is 9.56. The molecule has 20 heavy (non-hydrogen) atoms. The number of nitrogens with one attached hydrogen (secondary N) is 1. The molecule has 4 heteroatoms. The predicted octanol–water partition coefficient (Wildman–Crippen LogP) is 2.42. The molecule has 2 N–H and O–H groups in total. The van der Waals surface area contributed by atoms with Gasteiger partial charge in [0.05, 0.1) is 5.56 Å². The maximum absolute atomic E-state index is 12.0. The van der Waals surface area contributed by atoms with Crippen LogP contribution < -0.4 is 5.32 Å². The Hall–Kier alpha value is -2.80. The van der Waals surface area contributed by atoms with E-state index in [1.165, 1.54) is 25.1 Å². The van der Waals surface area contributed by atoms with E-state index in [-0.39, 0.29) is 17.2 Å². The van der Waals surface area contributed by atoms with Gasteiger partial charge in [-0.2, -0.15) is 0 Å². The van der Waals surface area contributed by atoms with Crippen molar-refractivity contribution in [1.82, 2.24) is 0 Å². The lowest BCUT2D eigenvalue weighted by Crippen LogP contribution is -2.07. The Bertz CT molecular complexity index is 687. The zero-order chi connectivity index (χ0) is 14.5. The quantitative estimate of drug-likeness (QED) is 0.374. The van der Waals surface area contributed by atoms with Crippen molar-refractivity contribution in [2.45, 2.75) is 13.3 Å². The number of ketones is 1. The van der Waals surface area contributed by atoms with Crippen molar-refractivity contribution in [3.8, 4) is 17.6 Å². The van der Waals surface area contributed by atoms with Crippen molar-refractivity contribution in [3.05, 3.63) is 47.6 Å². The second-order valence-corrected chi connectivity index (χ2v) is 4.32. The van der Waals surface area contributed by atoms with Crippen LogP contribution in [0.5, 0.6) is 5.75 Å². The maximum Gasteiger partial charge on any atom is 0.240 e. The molecule has 0 atom stereocenters. The minimum absolute atomic E-state index is 0.0790. The Morgan fingerprint density at radius 3 is 2.80 bits per heavy atom. The van der Waals surface area contributed by atoms with Crippen LogP contribution in [0.3, 0.4) is 0 Å². The largest absolute Gasteiger partial charge is 0.507 e. The molecule has 0 aliphatic heterocycles. The lowest BCUT2D eigenvalue weighted by Gasteiger charge is -2.05. The molecule has 0 saturated carbocycles. The van der Waals surface area contributed by atoms with Crippen LogP contribution in [0.15, 0.2) is 42.0 Å². The highest BCUT2D eigenvalue weighted by molar-refractivity contribution is 6.11. The first-order valence-electron chi connectivity index (χ1n) is 6.09. The zero-order valence-corrected chi connectivity index (χ0v) is 10.9.